The van der Waals surface area contributed by atoms with E-state index in [0.717, 1.165) is 44.0 Å². The van der Waals surface area contributed by atoms with Gasteiger partial charge in [0.1, 0.15) is 0 Å². The van der Waals surface area contributed by atoms with Gasteiger partial charge in [0, 0.05) is 59.1 Å². The van der Waals surface area contributed by atoms with Gasteiger partial charge in [-0.25, -0.2) is 0 Å². The van der Waals surface area contributed by atoms with Gasteiger partial charge in [0.2, 0.25) is 5.91 Å². The lowest BCUT2D eigenvalue weighted by molar-refractivity contribution is -0.122. The molecule has 1 heterocycles. The molecule has 1 amide bonds. The molecule has 2 rings (SSSR count). The number of carbonyl (C=O) groups is 1. The van der Waals surface area contributed by atoms with E-state index in [0.29, 0.717) is 13.1 Å². The third-order valence-corrected chi connectivity index (χ3v) is 4.19. The molecule has 6 nitrogen and oxygen atoms in total. The van der Waals surface area contributed by atoms with Crippen LogP contribution in [0.25, 0.3) is 0 Å². The van der Waals surface area contributed by atoms with E-state index >= 15 is 0 Å². The number of carbonyl (C=O) groups excluding carboxylic acids is 1. The molecular weight excluding hydrogens is 292 g/mol. The third kappa shape index (κ3) is 5.82. The smallest absolute Gasteiger partial charge is 0.234 e. The number of amides is 1. The number of hydrogen-bond acceptors (Lipinski definition) is 5. The number of benzene rings is 1. The summed E-state index contributed by atoms with van der Waals surface area (Å²) in [5, 5.41) is 11.9. The highest BCUT2D eigenvalue weighted by atomic mass is 16.3. The standard InChI is InChI=1S/C17H28N4O2/c1-19(2)16-5-3-15(4-6-16)13-18-17(23)14-21-9-7-20(8-10-21)11-12-22/h3-6,22H,7-14H2,1-2H3,(H,18,23). The maximum absolute atomic E-state index is 12.1. The first-order chi connectivity index (χ1) is 11.1. The normalized spacial score (nSPS) is 16.3. The number of aliphatic hydroxyl groups excluding tert-OH is 1. The van der Waals surface area contributed by atoms with Gasteiger partial charge in [-0.3, -0.25) is 14.6 Å². The van der Waals surface area contributed by atoms with Crippen LogP contribution < -0.4 is 10.2 Å². The van der Waals surface area contributed by atoms with E-state index in [2.05, 4.69) is 32.1 Å². The van der Waals surface area contributed by atoms with Crippen molar-refractivity contribution in [3.8, 4) is 0 Å². The van der Waals surface area contributed by atoms with Gasteiger partial charge >= 0.3 is 0 Å². The minimum absolute atomic E-state index is 0.0669. The van der Waals surface area contributed by atoms with Gasteiger partial charge in [-0.1, -0.05) is 12.1 Å². The predicted molar refractivity (Wildman–Crippen MR) is 92.6 cm³/mol. The Balaban J connectivity index is 1.69. The van der Waals surface area contributed by atoms with Crippen LogP contribution in [0, 0.1) is 0 Å². The molecule has 1 fully saturated rings. The molecule has 0 aliphatic carbocycles. The molecule has 0 spiro atoms. The van der Waals surface area contributed by atoms with Crippen molar-refractivity contribution in [2.24, 2.45) is 0 Å². The molecule has 0 bridgehead atoms. The Morgan fingerprint density at radius 3 is 2.30 bits per heavy atom. The SMILES string of the molecule is CN(C)c1ccc(CNC(=O)CN2CCN(CCO)CC2)cc1. The number of β-amino-alcohol motifs (C(OH)–C–C–N with tert-alkyl or cyclic N) is 1. The Bertz CT molecular complexity index is 482. The summed E-state index contributed by atoms with van der Waals surface area (Å²) in [6, 6.07) is 8.20. The van der Waals surface area contributed by atoms with E-state index in [1.165, 1.54) is 0 Å². The van der Waals surface area contributed by atoms with Gasteiger partial charge in [0.25, 0.3) is 0 Å². The van der Waals surface area contributed by atoms with Gasteiger partial charge in [0.15, 0.2) is 0 Å². The van der Waals surface area contributed by atoms with Gasteiger partial charge in [-0.2, -0.15) is 0 Å². The van der Waals surface area contributed by atoms with E-state index in [4.69, 9.17) is 5.11 Å². The summed E-state index contributed by atoms with van der Waals surface area (Å²) < 4.78 is 0. The first-order valence-corrected chi connectivity index (χ1v) is 8.17. The summed E-state index contributed by atoms with van der Waals surface area (Å²) >= 11 is 0. The second kappa shape index (κ2) is 8.86. The molecular formula is C17H28N4O2. The van der Waals surface area contributed by atoms with Crippen molar-refractivity contribution in [1.29, 1.82) is 0 Å². The summed E-state index contributed by atoms with van der Waals surface area (Å²) in [7, 11) is 4.02. The van der Waals surface area contributed by atoms with Crippen molar-refractivity contribution in [3.05, 3.63) is 29.8 Å². The molecule has 1 saturated heterocycles. The number of anilines is 1. The highest BCUT2D eigenvalue weighted by Crippen LogP contribution is 2.12. The van der Waals surface area contributed by atoms with Crippen LogP contribution in [0.5, 0.6) is 0 Å². The second-order valence-electron chi connectivity index (χ2n) is 6.18. The van der Waals surface area contributed by atoms with Gasteiger partial charge in [-0.05, 0) is 17.7 Å². The summed E-state index contributed by atoms with van der Waals surface area (Å²) in [5.74, 6) is 0.0669. The van der Waals surface area contributed by atoms with Crippen molar-refractivity contribution < 1.29 is 9.90 Å². The van der Waals surface area contributed by atoms with E-state index in [9.17, 15) is 4.79 Å². The van der Waals surface area contributed by atoms with E-state index in [1.54, 1.807) is 0 Å². The second-order valence-corrected chi connectivity index (χ2v) is 6.18. The molecule has 0 radical (unpaired) electrons. The van der Waals surface area contributed by atoms with Crippen molar-refractivity contribution in [2.75, 3.05) is 64.9 Å². The zero-order chi connectivity index (χ0) is 16.7. The van der Waals surface area contributed by atoms with Crippen molar-refractivity contribution in [1.82, 2.24) is 15.1 Å². The van der Waals surface area contributed by atoms with E-state index in [-0.39, 0.29) is 12.5 Å². The number of piperazine rings is 1. The Morgan fingerprint density at radius 2 is 1.74 bits per heavy atom. The fourth-order valence-electron chi connectivity index (χ4n) is 2.68. The average molecular weight is 320 g/mol. The van der Waals surface area contributed by atoms with Crippen molar-refractivity contribution in [2.45, 2.75) is 6.54 Å². The van der Waals surface area contributed by atoms with Gasteiger partial charge < -0.3 is 15.3 Å². The topological polar surface area (TPSA) is 59.1 Å². The maximum atomic E-state index is 12.1. The summed E-state index contributed by atoms with van der Waals surface area (Å²) in [5.41, 5.74) is 2.26. The van der Waals surface area contributed by atoms with Crippen LogP contribution in [0.1, 0.15) is 5.56 Å². The van der Waals surface area contributed by atoms with Crippen molar-refractivity contribution >= 4 is 11.6 Å². The summed E-state index contributed by atoms with van der Waals surface area (Å²) in [6.45, 7) is 5.53. The molecule has 1 aliphatic rings. The van der Waals surface area contributed by atoms with Gasteiger partial charge in [0.05, 0.1) is 13.2 Å². The van der Waals surface area contributed by atoms with Crippen molar-refractivity contribution in [3.63, 3.8) is 0 Å². The quantitative estimate of drug-likeness (QED) is 0.739. The third-order valence-electron chi connectivity index (χ3n) is 4.19. The van der Waals surface area contributed by atoms with Crippen LogP contribution >= 0.6 is 0 Å². The molecule has 0 saturated carbocycles. The molecule has 6 heteroatoms. The molecule has 0 unspecified atom stereocenters. The molecule has 1 aromatic rings. The number of nitrogens with one attached hydrogen (secondary N) is 1. The minimum Gasteiger partial charge on any atom is -0.395 e. The number of nitrogens with zero attached hydrogens (tertiary/aromatic N) is 3. The summed E-state index contributed by atoms with van der Waals surface area (Å²) in [6.07, 6.45) is 0. The van der Waals surface area contributed by atoms with Crippen LogP contribution in [0.4, 0.5) is 5.69 Å². The Morgan fingerprint density at radius 1 is 1.13 bits per heavy atom. The lowest BCUT2D eigenvalue weighted by atomic mass is 10.2. The lowest BCUT2D eigenvalue weighted by Gasteiger charge is -2.33. The largest absolute Gasteiger partial charge is 0.395 e. The molecule has 1 aliphatic heterocycles. The zero-order valence-electron chi connectivity index (χ0n) is 14.2. The fourth-order valence-corrected chi connectivity index (χ4v) is 2.68. The lowest BCUT2D eigenvalue weighted by Crippen LogP contribution is -2.49. The highest BCUT2D eigenvalue weighted by molar-refractivity contribution is 5.78. The fraction of sp³-hybridized carbons (Fsp3) is 0.588. The van der Waals surface area contributed by atoms with Crippen LogP contribution in [-0.4, -0.2) is 80.8 Å². The molecule has 2 N–H and O–H groups in total. The van der Waals surface area contributed by atoms with Crippen LogP contribution in [0.3, 0.4) is 0 Å². The number of hydrogen-bond donors (Lipinski definition) is 2. The highest BCUT2D eigenvalue weighted by Gasteiger charge is 2.18. The Hall–Kier alpha value is -1.63. The first-order valence-electron chi connectivity index (χ1n) is 8.17. The number of aliphatic hydroxyl groups is 1. The Kier molecular flexibility index (Phi) is 6.83. The molecule has 23 heavy (non-hydrogen) atoms. The van der Waals surface area contributed by atoms with E-state index in [1.807, 2.05) is 26.2 Å². The van der Waals surface area contributed by atoms with Gasteiger partial charge in [-0.15, -0.1) is 0 Å². The molecule has 1 aromatic carbocycles. The number of rotatable bonds is 7. The monoisotopic (exact) mass is 320 g/mol. The zero-order valence-corrected chi connectivity index (χ0v) is 14.2. The molecule has 128 valence electrons. The predicted octanol–water partition coefficient (Wildman–Crippen LogP) is -0.0213. The van der Waals surface area contributed by atoms with Crippen LogP contribution in [-0.2, 0) is 11.3 Å². The van der Waals surface area contributed by atoms with Crippen LogP contribution in [0.2, 0.25) is 0 Å². The minimum atomic E-state index is 0.0669. The first kappa shape index (κ1) is 17.7. The van der Waals surface area contributed by atoms with Crippen LogP contribution in [0.15, 0.2) is 24.3 Å². The summed E-state index contributed by atoms with van der Waals surface area (Å²) in [4.78, 5) is 18.5. The molecule has 0 atom stereocenters. The molecule has 0 aromatic heterocycles. The Labute approximate surface area is 138 Å². The van der Waals surface area contributed by atoms with E-state index < -0.39 is 0 Å². The maximum Gasteiger partial charge on any atom is 0.234 e. The average Bonchev–Trinajstić information content (AvgIpc) is 2.55.